The zero-order valence-electron chi connectivity index (χ0n) is 8.38. The van der Waals surface area contributed by atoms with Gasteiger partial charge in [-0.25, -0.2) is 0 Å². The Hall–Kier alpha value is -1.31. The van der Waals surface area contributed by atoms with E-state index < -0.39 is 0 Å². The zero-order chi connectivity index (χ0) is 9.97. The summed E-state index contributed by atoms with van der Waals surface area (Å²) in [5.41, 5.74) is 3.35. The normalized spacial score (nSPS) is 17.8. The molecule has 0 N–H and O–H groups in total. The van der Waals surface area contributed by atoms with Gasteiger partial charge in [0, 0.05) is 12.0 Å². The molecule has 0 bridgehead atoms. The monoisotopic (exact) mass is 190 g/mol. The van der Waals surface area contributed by atoms with Gasteiger partial charge in [-0.15, -0.1) is 0 Å². The van der Waals surface area contributed by atoms with Crippen LogP contribution in [-0.2, 0) is 4.79 Å². The Morgan fingerprint density at radius 3 is 2.71 bits per heavy atom. The first-order chi connectivity index (χ1) is 6.77. The summed E-state index contributed by atoms with van der Waals surface area (Å²) in [6.07, 6.45) is 9.04. The molecule has 0 spiro atoms. The summed E-state index contributed by atoms with van der Waals surface area (Å²) in [5, 5.41) is 0. The maximum absolute atomic E-state index is 11.4. The average molecular weight is 190 g/mol. The van der Waals surface area contributed by atoms with Crippen LogP contribution in [-0.4, -0.2) is 5.78 Å². The van der Waals surface area contributed by atoms with Gasteiger partial charge in [0.25, 0.3) is 0 Å². The SMILES string of the molecule is Cc1cocc1C1=CC(=O)CCCC1. The number of carbonyl (C=O) groups is 1. The number of ketones is 1. The molecular weight excluding hydrogens is 176 g/mol. The highest BCUT2D eigenvalue weighted by molar-refractivity contribution is 5.97. The quantitative estimate of drug-likeness (QED) is 0.681. The van der Waals surface area contributed by atoms with Crippen LogP contribution < -0.4 is 0 Å². The van der Waals surface area contributed by atoms with Gasteiger partial charge < -0.3 is 4.42 Å². The van der Waals surface area contributed by atoms with Crippen molar-refractivity contribution < 1.29 is 9.21 Å². The predicted molar refractivity (Wildman–Crippen MR) is 54.9 cm³/mol. The molecule has 0 unspecified atom stereocenters. The van der Waals surface area contributed by atoms with Crippen molar-refractivity contribution in [2.45, 2.75) is 32.6 Å². The minimum absolute atomic E-state index is 0.248. The van der Waals surface area contributed by atoms with Crippen LogP contribution in [0.3, 0.4) is 0 Å². The molecule has 0 saturated carbocycles. The lowest BCUT2D eigenvalue weighted by Crippen LogP contribution is -1.90. The highest BCUT2D eigenvalue weighted by Gasteiger charge is 2.12. The number of allylic oxidation sites excluding steroid dienone is 2. The van der Waals surface area contributed by atoms with E-state index >= 15 is 0 Å². The number of carbonyl (C=O) groups excluding carboxylic acids is 1. The second-order valence-corrected chi connectivity index (χ2v) is 3.81. The molecule has 0 aromatic carbocycles. The van der Waals surface area contributed by atoms with E-state index in [-0.39, 0.29) is 5.78 Å². The minimum atomic E-state index is 0.248. The van der Waals surface area contributed by atoms with Crippen molar-refractivity contribution >= 4 is 11.4 Å². The van der Waals surface area contributed by atoms with Crippen LogP contribution in [0.4, 0.5) is 0 Å². The molecule has 2 heteroatoms. The Kier molecular flexibility index (Phi) is 2.53. The maximum Gasteiger partial charge on any atom is 0.155 e. The maximum atomic E-state index is 11.4. The molecule has 0 fully saturated rings. The van der Waals surface area contributed by atoms with Gasteiger partial charge in [-0.3, -0.25) is 4.79 Å². The van der Waals surface area contributed by atoms with Crippen molar-refractivity contribution in [3.8, 4) is 0 Å². The summed E-state index contributed by atoms with van der Waals surface area (Å²) in [6.45, 7) is 2.01. The first-order valence-corrected chi connectivity index (χ1v) is 5.04. The van der Waals surface area contributed by atoms with Gasteiger partial charge in [-0.05, 0) is 43.4 Å². The van der Waals surface area contributed by atoms with Gasteiger partial charge in [0.2, 0.25) is 0 Å². The molecular formula is C12H14O2. The summed E-state index contributed by atoms with van der Waals surface area (Å²) in [7, 11) is 0. The molecule has 0 aliphatic heterocycles. The standard InChI is InChI=1S/C12H14O2/c1-9-7-14-8-12(9)10-4-2-3-5-11(13)6-10/h6-8H,2-5H2,1H3. The van der Waals surface area contributed by atoms with E-state index in [4.69, 9.17) is 4.42 Å². The Labute approximate surface area is 83.6 Å². The molecule has 1 heterocycles. The molecule has 0 radical (unpaired) electrons. The highest BCUT2D eigenvalue weighted by Crippen LogP contribution is 2.27. The number of furan rings is 1. The van der Waals surface area contributed by atoms with E-state index in [0.29, 0.717) is 6.42 Å². The fourth-order valence-corrected chi connectivity index (χ4v) is 1.86. The van der Waals surface area contributed by atoms with Crippen molar-refractivity contribution in [1.29, 1.82) is 0 Å². The van der Waals surface area contributed by atoms with Crippen LogP contribution in [0.5, 0.6) is 0 Å². The first kappa shape index (κ1) is 9.25. The predicted octanol–water partition coefficient (Wildman–Crippen LogP) is 3.11. The average Bonchev–Trinajstić information content (AvgIpc) is 2.45. The van der Waals surface area contributed by atoms with E-state index in [9.17, 15) is 4.79 Å². The van der Waals surface area contributed by atoms with Crippen molar-refractivity contribution in [3.63, 3.8) is 0 Å². The zero-order valence-corrected chi connectivity index (χ0v) is 8.38. The van der Waals surface area contributed by atoms with Crippen LogP contribution in [0.1, 0.15) is 36.8 Å². The van der Waals surface area contributed by atoms with Gasteiger partial charge in [0.1, 0.15) is 0 Å². The third-order valence-corrected chi connectivity index (χ3v) is 2.66. The fraction of sp³-hybridized carbons (Fsp3) is 0.417. The molecule has 1 aliphatic rings. The van der Waals surface area contributed by atoms with Crippen LogP contribution in [0.15, 0.2) is 23.0 Å². The van der Waals surface area contributed by atoms with Crippen LogP contribution in [0.2, 0.25) is 0 Å². The van der Waals surface area contributed by atoms with Crippen molar-refractivity contribution in [3.05, 3.63) is 29.7 Å². The van der Waals surface area contributed by atoms with Crippen molar-refractivity contribution in [2.24, 2.45) is 0 Å². The lowest BCUT2D eigenvalue weighted by molar-refractivity contribution is -0.114. The lowest BCUT2D eigenvalue weighted by atomic mass is 10.0. The minimum Gasteiger partial charge on any atom is -0.472 e. The van der Waals surface area contributed by atoms with Gasteiger partial charge in [-0.1, -0.05) is 0 Å². The molecule has 1 aliphatic carbocycles. The third-order valence-electron chi connectivity index (χ3n) is 2.66. The number of rotatable bonds is 1. The molecule has 0 atom stereocenters. The fourth-order valence-electron chi connectivity index (χ4n) is 1.86. The summed E-state index contributed by atoms with van der Waals surface area (Å²) in [5.74, 6) is 0.248. The summed E-state index contributed by atoms with van der Waals surface area (Å²) < 4.78 is 5.12. The Morgan fingerprint density at radius 1 is 1.21 bits per heavy atom. The highest BCUT2D eigenvalue weighted by atomic mass is 16.3. The summed E-state index contributed by atoms with van der Waals surface area (Å²) in [4.78, 5) is 11.4. The molecule has 74 valence electrons. The van der Waals surface area contributed by atoms with Gasteiger partial charge in [0.05, 0.1) is 12.5 Å². The summed E-state index contributed by atoms with van der Waals surface area (Å²) in [6, 6.07) is 0. The molecule has 2 nitrogen and oxygen atoms in total. The molecule has 1 aromatic heterocycles. The lowest BCUT2D eigenvalue weighted by Gasteiger charge is -2.01. The third kappa shape index (κ3) is 1.79. The number of hydrogen-bond donors (Lipinski definition) is 0. The molecule has 1 aromatic rings. The second kappa shape index (κ2) is 3.82. The van der Waals surface area contributed by atoms with Crippen molar-refractivity contribution in [2.75, 3.05) is 0 Å². The molecule has 14 heavy (non-hydrogen) atoms. The van der Waals surface area contributed by atoms with Gasteiger partial charge >= 0.3 is 0 Å². The molecule has 0 amide bonds. The van der Waals surface area contributed by atoms with Gasteiger partial charge in [0.15, 0.2) is 5.78 Å². The summed E-state index contributed by atoms with van der Waals surface area (Å²) >= 11 is 0. The van der Waals surface area contributed by atoms with E-state index in [1.54, 1.807) is 18.6 Å². The smallest absolute Gasteiger partial charge is 0.155 e. The first-order valence-electron chi connectivity index (χ1n) is 5.04. The van der Waals surface area contributed by atoms with E-state index in [1.165, 1.54) is 0 Å². The van der Waals surface area contributed by atoms with Crippen LogP contribution in [0, 0.1) is 6.92 Å². The molecule has 0 saturated heterocycles. The van der Waals surface area contributed by atoms with E-state index in [2.05, 4.69) is 0 Å². The van der Waals surface area contributed by atoms with E-state index in [0.717, 1.165) is 36.0 Å². The Bertz CT molecular complexity index is 371. The number of aryl methyl sites for hydroxylation is 1. The number of hydrogen-bond acceptors (Lipinski definition) is 2. The van der Waals surface area contributed by atoms with Crippen LogP contribution in [0.25, 0.3) is 5.57 Å². The van der Waals surface area contributed by atoms with Gasteiger partial charge in [-0.2, -0.15) is 0 Å². The Balaban J connectivity index is 2.33. The van der Waals surface area contributed by atoms with Crippen LogP contribution >= 0.6 is 0 Å². The second-order valence-electron chi connectivity index (χ2n) is 3.81. The Morgan fingerprint density at radius 2 is 2.00 bits per heavy atom. The topological polar surface area (TPSA) is 30.2 Å². The van der Waals surface area contributed by atoms with E-state index in [1.807, 2.05) is 6.92 Å². The van der Waals surface area contributed by atoms with Crippen molar-refractivity contribution in [1.82, 2.24) is 0 Å². The largest absolute Gasteiger partial charge is 0.472 e. The molecule has 2 rings (SSSR count).